The first kappa shape index (κ1) is 18.5. The van der Waals surface area contributed by atoms with Gasteiger partial charge in [-0.1, -0.05) is 63.2 Å². The van der Waals surface area contributed by atoms with Crippen LogP contribution in [0.3, 0.4) is 0 Å². The Balaban J connectivity index is 1.76. The summed E-state index contributed by atoms with van der Waals surface area (Å²) in [5, 5.41) is 0. The van der Waals surface area contributed by atoms with Crippen LogP contribution in [0.2, 0.25) is 0 Å². The molecule has 0 fully saturated rings. The van der Waals surface area contributed by atoms with E-state index in [4.69, 9.17) is 4.74 Å². The largest absolute Gasteiger partial charge is 0.494 e. The average molecular weight is 325 g/mol. The van der Waals surface area contributed by atoms with E-state index >= 15 is 0 Å². The second kappa shape index (κ2) is 10.1. The molecule has 0 saturated heterocycles. The Morgan fingerprint density at radius 1 is 0.917 bits per heavy atom. The van der Waals surface area contributed by atoms with Crippen molar-refractivity contribution >= 4 is 0 Å². The lowest BCUT2D eigenvalue weighted by molar-refractivity contribution is 0.249. The molecule has 2 heteroatoms. The molecule has 130 valence electrons. The molecule has 2 rings (SSSR count). The predicted molar refractivity (Wildman–Crippen MR) is 103 cm³/mol. The zero-order chi connectivity index (χ0) is 17.2. The van der Waals surface area contributed by atoms with Gasteiger partial charge in [-0.15, -0.1) is 0 Å². The van der Waals surface area contributed by atoms with E-state index in [9.17, 15) is 0 Å². The van der Waals surface area contributed by atoms with Crippen molar-refractivity contribution in [1.82, 2.24) is 4.90 Å². The molecule has 1 atom stereocenters. The van der Waals surface area contributed by atoms with Crippen LogP contribution in [0.4, 0.5) is 0 Å². The average Bonchev–Trinajstić information content (AvgIpc) is 2.64. The van der Waals surface area contributed by atoms with Gasteiger partial charge >= 0.3 is 0 Å². The molecule has 0 N–H and O–H groups in total. The van der Waals surface area contributed by atoms with Crippen molar-refractivity contribution in [2.45, 2.75) is 39.5 Å². The van der Waals surface area contributed by atoms with Crippen molar-refractivity contribution in [3.63, 3.8) is 0 Å². The van der Waals surface area contributed by atoms with Crippen LogP contribution < -0.4 is 4.74 Å². The van der Waals surface area contributed by atoms with Crippen LogP contribution in [0.25, 0.3) is 0 Å². The molecule has 0 spiro atoms. The number of rotatable bonds is 10. The van der Waals surface area contributed by atoms with Gasteiger partial charge in [-0.2, -0.15) is 0 Å². The Morgan fingerprint density at radius 2 is 1.58 bits per heavy atom. The molecular weight excluding hydrogens is 294 g/mol. The minimum Gasteiger partial charge on any atom is -0.494 e. The summed E-state index contributed by atoms with van der Waals surface area (Å²) in [4.78, 5) is 2.43. The molecule has 2 nitrogen and oxygen atoms in total. The summed E-state index contributed by atoms with van der Waals surface area (Å²) >= 11 is 0. The fraction of sp³-hybridized carbons (Fsp3) is 0.455. The quantitative estimate of drug-likeness (QED) is 0.561. The number of ether oxygens (including phenoxy) is 1. The summed E-state index contributed by atoms with van der Waals surface area (Å²) < 4.78 is 5.86. The Bertz CT molecular complexity index is 560. The molecule has 0 aliphatic heterocycles. The van der Waals surface area contributed by atoms with Crippen LogP contribution >= 0.6 is 0 Å². The summed E-state index contributed by atoms with van der Waals surface area (Å²) in [6.45, 7) is 10.8. The Morgan fingerprint density at radius 3 is 2.21 bits per heavy atom. The van der Waals surface area contributed by atoms with E-state index < -0.39 is 0 Å². The Hall–Kier alpha value is -1.80. The molecule has 0 heterocycles. The highest BCUT2D eigenvalue weighted by atomic mass is 16.5. The van der Waals surface area contributed by atoms with Crippen molar-refractivity contribution in [3.05, 3.63) is 65.7 Å². The third-order valence-electron chi connectivity index (χ3n) is 4.62. The van der Waals surface area contributed by atoms with Gasteiger partial charge in [-0.25, -0.2) is 0 Å². The summed E-state index contributed by atoms with van der Waals surface area (Å²) in [5.74, 6) is 1.51. The Labute approximate surface area is 147 Å². The van der Waals surface area contributed by atoms with Crippen LogP contribution in [-0.4, -0.2) is 31.1 Å². The van der Waals surface area contributed by atoms with Gasteiger partial charge in [0.2, 0.25) is 0 Å². The Kier molecular flexibility index (Phi) is 7.84. The highest BCUT2D eigenvalue weighted by molar-refractivity contribution is 5.29. The van der Waals surface area contributed by atoms with Gasteiger partial charge in [0.15, 0.2) is 0 Å². The third-order valence-corrected chi connectivity index (χ3v) is 4.62. The van der Waals surface area contributed by atoms with Gasteiger partial charge in [0.25, 0.3) is 0 Å². The zero-order valence-electron chi connectivity index (χ0n) is 15.4. The SMILES string of the molecule is CCN(CC)CCCOc1ccc(C[C@H](C)c2ccccc2)cc1. The fourth-order valence-corrected chi connectivity index (χ4v) is 2.99. The smallest absolute Gasteiger partial charge is 0.119 e. The summed E-state index contributed by atoms with van der Waals surface area (Å²) in [7, 11) is 0. The van der Waals surface area contributed by atoms with E-state index in [0.717, 1.165) is 44.8 Å². The number of hydrogen-bond acceptors (Lipinski definition) is 2. The molecule has 2 aromatic carbocycles. The lowest BCUT2D eigenvalue weighted by Gasteiger charge is -2.17. The van der Waals surface area contributed by atoms with Gasteiger partial charge in [0.1, 0.15) is 5.75 Å². The molecule has 0 unspecified atom stereocenters. The molecule has 0 aliphatic rings. The first-order valence-corrected chi connectivity index (χ1v) is 9.22. The molecule has 0 aromatic heterocycles. The molecule has 2 aromatic rings. The van der Waals surface area contributed by atoms with Gasteiger partial charge in [-0.3, -0.25) is 0 Å². The zero-order valence-corrected chi connectivity index (χ0v) is 15.4. The molecule has 24 heavy (non-hydrogen) atoms. The van der Waals surface area contributed by atoms with E-state index in [0.29, 0.717) is 5.92 Å². The topological polar surface area (TPSA) is 12.5 Å². The van der Waals surface area contributed by atoms with Crippen LogP contribution in [0, 0.1) is 0 Å². The molecule has 0 aliphatic carbocycles. The normalized spacial score (nSPS) is 12.3. The maximum atomic E-state index is 5.86. The summed E-state index contributed by atoms with van der Waals surface area (Å²) in [5.41, 5.74) is 2.76. The predicted octanol–water partition coefficient (Wildman–Crippen LogP) is 5.14. The fourth-order valence-electron chi connectivity index (χ4n) is 2.99. The van der Waals surface area contributed by atoms with Crippen molar-refractivity contribution in [2.75, 3.05) is 26.2 Å². The van der Waals surface area contributed by atoms with Crippen LogP contribution in [-0.2, 0) is 6.42 Å². The van der Waals surface area contributed by atoms with E-state index in [1.165, 1.54) is 11.1 Å². The van der Waals surface area contributed by atoms with Crippen molar-refractivity contribution in [2.24, 2.45) is 0 Å². The first-order valence-electron chi connectivity index (χ1n) is 9.22. The highest BCUT2D eigenvalue weighted by Gasteiger charge is 2.06. The maximum absolute atomic E-state index is 5.86. The van der Waals surface area contributed by atoms with Crippen LogP contribution in [0.1, 0.15) is 44.2 Å². The first-order chi connectivity index (χ1) is 11.7. The van der Waals surface area contributed by atoms with E-state index in [1.54, 1.807) is 0 Å². The number of nitrogens with zero attached hydrogens (tertiary/aromatic N) is 1. The van der Waals surface area contributed by atoms with Crippen LogP contribution in [0.5, 0.6) is 5.75 Å². The maximum Gasteiger partial charge on any atom is 0.119 e. The summed E-state index contributed by atoms with van der Waals surface area (Å²) in [6.07, 6.45) is 2.14. The van der Waals surface area contributed by atoms with Crippen molar-refractivity contribution in [3.8, 4) is 5.75 Å². The van der Waals surface area contributed by atoms with E-state index in [-0.39, 0.29) is 0 Å². The molecule has 0 saturated carbocycles. The highest BCUT2D eigenvalue weighted by Crippen LogP contribution is 2.21. The van der Waals surface area contributed by atoms with Gasteiger partial charge in [-0.05, 0) is 55.1 Å². The lowest BCUT2D eigenvalue weighted by Crippen LogP contribution is -2.25. The second-order valence-electron chi connectivity index (χ2n) is 6.39. The second-order valence-corrected chi connectivity index (χ2v) is 6.39. The number of benzene rings is 2. The van der Waals surface area contributed by atoms with Crippen molar-refractivity contribution < 1.29 is 4.74 Å². The number of hydrogen-bond donors (Lipinski definition) is 0. The van der Waals surface area contributed by atoms with E-state index in [1.807, 2.05) is 0 Å². The molecule has 0 radical (unpaired) electrons. The minimum absolute atomic E-state index is 0.534. The van der Waals surface area contributed by atoms with Crippen LogP contribution in [0.15, 0.2) is 54.6 Å². The van der Waals surface area contributed by atoms with Gasteiger partial charge in [0, 0.05) is 6.54 Å². The van der Waals surface area contributed by atoms with E-state index in [2.05, 4.69) is 80.3 Å². The van der Waals surface area contributed by atoms with Gasteiger partial charge < -0.3 is 9.64 Å². The monoisotopic (exact) mass is 325 g/mol. The molecular formula is C22H31NO. The third kappa shape index (κ3) is 6.01. The van der Waals surface area contributed by atoms with Gasteiger partial charge in [0.05, 0.1) is 6.61 Å². The minimum atomic E-state index is 0.534. The standard InChI is InChI=1S/C22H31NO/c1-4-23(5-2)16-9-17-24-22-14-12-20(13-15-22)18-19(3)21-10-7-6-8-11-21/h6-8,10-15,19H,4-5,9,16-18H2,1-3H3/t19-/m0/s1. The molecule has 0 amide bonds. The molecule has 0 bridgehead atoms. The lowest BCUT2D eigenvalue weighted by atomic mass is 9.94. The summed E-state index contributed by atoms with van der Waals surface area (Å²) in [6, 6.07) is 19.3. The van der Waals surface area contributed by atoms with Crippen molar-refractivity contribution in [1.29, 1.82) is 0 Å².